The second kappa shape index (κ2) is 8.38. The topological polar surface area (TPSA) is 48.9 Å². The number of hydrogen-bond acceptors (Lipinski definition) is 3. The lowest BCUT2D eigenvalue weighted by molar-refractivity contribution is 0.245. The Kier molecular flexibility index (Phi) is 6.49. The van der Waals surface area contributed by atoms with E-state index in [4.69, 9.17) is 4.74 Å². The number of nitrogens with zero attached hydrogens (tertiary/aromatic N) is 2. The van der Waals surface area contributed by atoms with Crippen LogP contribution in [-0.2, 0) is 0 Å². The van der Waals surface area contributed by atoms with Gasteiger partial charge >= 0.3 is 0 Å². The van der Waals surface area contributed by atoms with Gasteiger partial charge < -0.3 is 15.4 Å². The van der Waals surface area contributed by atoms with Crippen LogP contribution in [0.5, 0.6) is 5.75 Å². The predicted molar refractivity (Wildman–Crippen MR) is 101 cm³/mol. The summed E-state index contributed by atoms with van der Waals surface area (Å²) in [6.07, 6.45) is 2.56. The highest BCUT2D eigenvalue weighted by Gasteiger charge is 2.24. The number of methoxy groups -OCH3 is 1. The van der Waals surface area contributed by atoms with Crippen molar-refractivity contribution in [2.45, 2.75) is 45.2 Å². The monoisotopic (exact) mass is 332 g/mol. The first-order chi connectivity index (χ1) is 11.4. The van der Waals surface area contributed by atoms with Crippen molar-refractivity contribution in [2.24, 2.45) is 4.99 Å². The van der Waals surface area contributed by atoms with Crippen LogP contribution < -0.4 is 15.4 Å². The van der Waals surface area contributed by atoms with E-state index in [9.17, 15) is 0 Å². The van der Waals surface area contributed by atoms with E-state index in [0.717, 1.165) is 31.3 Å². The summed E-state index contributed by atoms with van der Waals surface area (Å²) in [7, 11) is 3.52. The maximum atomic E-state index is 5.29. The Labute approximate surface area is 146 Å². The lowest BCUT2D eigenvalue weighted by Gasteiger charge is -2.30. The molecule has 5 nitrogen and oxygen atoms in total. The van der Waals surface area contributed by atoms with Crippen LogP contribution in [0, 0.1) is 0 Å². The van der Waals surface area contributed by atoms with Gasteiger partial charge in [-0.25, -0.2) is 0 Å². The average Bonchev–Trinajstić information content (AvgIpc) is 3.07. The molecule has 0 radical (unpaired) electrons. The molecule has 1 heterocycles. The van der Waals surface area contributed by atoms with Crippen molar-refractivity contribution in [3.63, 3.8) is 0 Å². The van der Waals surface area contributed by atoms with Crippen LogP contribution in [-0.4, -0.2) is 50.2 Å². The van der Waals surface area contributed by atoms with Gasteiger partial charge in [0.05, 0.1) is 13.2 Å². The van der Waals surface area contributed by atoms with E-state index >= 15 is 0 Å². The fourth-order valence-electron chi connectivity index (χ4n) is 3.06. The van der Waals surface area contributed by atoms with Crippen LogP contribution in [0.15, 0.2) is 29.3 Å². The highest BCUT2D eigenvalue weighted by atomic mass is 16.5. The third kappa shape index (κ3) is 5.41. The molecule has 0 bridgehead atoms. The van der Waals surface area contributed by atoms with Crippen LogP contribution >= 0.6 is 0 Å². The fraction of sp³-hybridized carbons (Fsp3) is 0.632. The minimum absolute atomic E-state index is 0.00883. The molecule has 134 valence electrons. The first-order valence-corrected chi connectivity index (χ1v) is 8.80. The van der Waals surface area contributed by atoms with Crippen LogP contribution in [0.2, 0.25) is 0 Å². The molecule has 1 aromatic carbocycles. The Morgan fingerprint density at radius 1 is 1.21 bits per heavy atom. The smallest absolute Gasteiger partial charge is 0.191 e. The molecule has 1 saturated heterocycles. The van der Waals surface area contributed by atoms with Gasteiger partial charge in [0.15, 0.2) is 5.96 Å². The van der Waals surface area contributed by atoms with E-state index in [1.54, 1.807) is 7.11 Å². The van der Waals surface area contributed by atoms with Gasteiger partial charge in [-0.15, -0.1) is 0 Å². The van der Waals surface area contributed by atoms with Crippen molar-refractivity contribution < 1.29 is 4.74 Å². The summed E-state index contributed by atoms with van der Waals surface area (Å²) in [5, 5.41) is 6.92. The molecule has 1 atom stereocenters. The third-order valence-electron chi connectivity index (χ3n) is 4.26. The largest absolute Gasteiger partial charge is 0.497 e. The molecule has 1 aliphatic heterocycles. The van der Waals surface area contributed by atoms with E-state index in [1.807, 2.05) is 19.2 Å². The number of rotatable bonds is 5. The second-order valence-electron chi connectivity index (χ2n) is 7.36. The molecule has 0 saturated carbocycles. The summed E-state index contributed by atoms with van der Waals surface area (Å²) in [6, 6.07) is 8.77. The Morgan fingerprint density at radius 2 is 1.83 bits per heavy atom. The second-order valence-corrected chi connectivity index (χ2v) is 7.36. The lowest BCUT2D eigenvalue weighted by atomic mass is 10.1. The Bertz CT molecular complexity index is 527. The zero-order valence-electron chi connectivity index (χ0n) is 15.7. The summed E-state index contributed by atoms with van der Waals surface area (Å²) < 4.78 is 5.29. The van der Waals surface area contributed by atoms with Gasteiger partial charge in [-0.2, -0.15) is 0 Å². The first-order valence-electron chi connectivity index (χ1n) is 8.80. The van der Waals surface area contributed by atoms with E-state index in [-0.39, 0.29) is 5.54 Å². The number of ether oxygens (including phenoxy) is 1. The molecule has 24 heavy (non-hydrogen) atoms. The van der Waals surface area contributed by atoms with E-state index in [0.29, 0.717) is 6.04 Å². The molecule has 1 aliphatic rings. The van der Waals surface area contributed by atoms with Crippen molar-refractivity contribution in [2.75, 3.05) is 33.8 Å². The number of aliphatic imine (C=N–C) groups is 1. The molecule has 0 aliphatic carbocycles. The van der Waals surface area contributed by atoms with Crippen LogP contribution in [0.3, 0.4) is 0 Å². The maximum Gasteiger partial charge on any atom is 0.191 e. The molecule has 1 fully saturated rings. The minimum Gasteiger partial charge on any atom is -0.497 e. The van der Waals surface area contributed by atoms with Crippen LogP contribution in [0.4, 0.5) is 0 Å². The Hall–Kier alpha value is -1.75. The highest BCUT2D eigenvalue weighted by Crippen LogP contribution is 2.26. The fourth-order valence-corrected chi connectivity index (χ4v) is 3.06. The molecule has 5 heteroatoms. The third-order valence-corrected chi connectivity index (χ3v) is 4.26. The molecule has 0 amide bonds. The number of likely N-dealkylation sites (tertiary alicyclic amines) is 1. The van der Waals surface area contributed by atoms with Gasteiger partial charge in [0, 0.05) is 19.1 Å². The first kappa shape index (κ1) is 18.6. The summed E-state index contributed by atoms with van der Waals surface area (Å²) in [5.74, 6) is 1.75. The highest BCUT2D eigenvalue weighted by molar-refractivity contribution is 5.80. The quantitative estimate of drug-likeness (QED) is 0.643. The van der Waals surface area contributed by atoms with E-state index in [2.05, 4.69) is 53.4 Å². The number of hydrogen-bond donors (Lipinski definition) is 2. The van der Waals surface area contributed by atoms with E-state index in [1.165, 1.54) is 18.4 Å². The number of guanidine groups is 1. The van der Waals surface area contributed by atoms with Crippen molar-refractivity contribution >= 4 is 5.96 Å². The summed E-state index contributed by atoms with van der Waals surface area (Å²) in [5.41, 5.74) is 1.31. The number of benzene rings is 1. The molecule has 0 aromatic heterocycles. The zero-order chi connectivity index (χ0) is 17.6. The maximum absolute atomic E-state index is 5.29. The van der Waals surface area contributed by atoms with Crippen LogP contribution in [0.1, 0.15) is 45.2 Å². The standard InChI is InChI=1S/C19H32N4O/c1-19(2,3)22-18(20-4)21-14-17(23-12-6-7-13-23)15-8-10-16(24-5)11-9-15/h8-11,17H,6-7,12-14H2,1-5H3,(H2,20,21,22). The Balaban J connectivity index is 2.08. The van der Waals surface area contributed by atoms with E-state index < -0.39 is 0 Å². The van der Waals surface area contributed by atoms with Gasteiger partial charge in [-0.3, -0.25) is 9.89 Å². The predicted octanol–water partition coefficient (Wildman–Crippen LogP) is 2.80. The van der Waals surface area contributed by atoms with Crippen molar-refractivity contribution in [3.05, 3.63) is 29.8 Å². The van der Waals surface area contributed by atoms with Crippen molar-refractivity contribution in [1.29, 1.82) is 0 Å². The van der Waals surface area contributed by atoms with Crippen molar-refractivity contribution in [3.8, 4) is 5.75 Å². The van der Waals surface area contributed by atoms with Gasteiger partial charge in [0.1, 0.15) is 5.75 Å². The summed E-state index contributed by atoms with van der Waals surface area (Å²) >= 11 is 0. The number of nitrogens with one attached hydrogen (secondary N) is 2. The molecule has 1 unspecified atom stereocenters. The van der Waals surface area contributed by atoms with Gasteiger partial charge in [0.2, 0.25) is 0 Å². The molecule has 2 N–H and O–H groups in total. The molecular formula is C19H32N4O. The average molecular weight is 332 g/mol. The Morgan fingerprint density at radius 3 is 2.33 bits per heavy atom. The summed E-state index contributed by atoms with van der Waals surface area (Å²) in [4.78, 5) is 6.90. The normalized spacial score (nSPS) is 17.6. The zero-order valence-corrected chi connectivity index (χ0v) is 15.7. The molecular weight excluding hydrogens is 300 g/mol. The molecule has 1 aromatic rings. The lowest BCUT2D eigenvalue weighted by Crippen LogP contribution is -2.49. The molecule has 0 spiro atoms. The minimum atomic E-state index is -0.00883. The van der Waals surface area contributed by atoms with Gasteiger partial charge in [-0.05, 0) is 64.4 Å². The van der Waals surface area contributed by atoms with Crippen molar-refractivity contribution in [1.82, 2.24) is 15.5 Å². The molecule has 2 rings (SSSR count). The SMILES string of the molecule is CN=C(NCC(c1ccc(OC)cc1)N1CCCC1)NC(C)(C)C. The van der Waals surface area contributed by atoms with Gasteiger partial charge in [0.25, 0.3) is 0 Å². The van der Waals surface area contributed by atoms with Gasteiger partial charge in [-0.1, -0.05) is 12.1 Å². The summed E-state index contributed by atoms with van der Waals surface area (Å²) in [6.45, 7) is 9.57. The van der Waals surface area contributed by atoms with Crippen LogP contribution in [0.25, 0.3) is 0 Å².